The molecule has 1 unspecified atom stereocenters. The van der Waals surface area contributed by atoms with E-state index in [1.807, 2.05) is 19.1 Å². The van der Waals surface area contributed by atoms with Crippen LogP contribution in [-0.4, -0.2) is 53.0 Å². The van der Waals surface area contributed by atoms with E-state index in [4.69, 9.17) is 25.6 Å². The number of piperidine rings is 1. The van der Waals surface area contributed by atoms with E-state index in [0.717, 1.165) is 16.7 Å². The minimum absolute atomic E-state index is 0.178. The number of carbonyl (C=O) groups is 3. The zero-order chi connectivity index (χ0) is 26.3. The standard InChI is InChI=1S/C25H24ClN5O6/c1-12-8-17(35-2)19(21(36-3)20(12)26)22-29-25(37-30-22)27-10-13-4-5-15-14(9-13)11-31(24(15)34)16-6-7-18(32)28-23(16)33/h4-5,8-9,16H,6-7,10-11H2,1-3H3,(H,27,29,30)(H,28,32,33). The Morgan fingerprint density at radius 3 is 2.76 bits per heavy atom. The Morgan fingerprint density at radius 1 is 1.22 bits per heavy atom. The number of methoxy groups -OCH3 is 2. The summed E-state index contributed by atoms with van der Waals surface area (Å²) in [6.45, 7) is 2.49. The van der Waals surface area contributed by atoms with Crippen molar-refractivity contribution in [3.05, 3.63) is 51.5 Å². The van der Waals surface area contributed by atoms with Crippen molar-refractivity contribution in [1.29, 1.82) is 0 Å². The first-order chi connectivity index (χ1) is 17.8. The van der Waals surface area contributed by atoms with Gasteiger partial charge in [0.15, 0.2) is 5.75 Å². The van der Waals surface area contributed by atoms with Crippen LogP contribution < -0.4 is 20.1 Å². The molecule has 0 radical (unpaired) electrons. The smallest absolute Gasteiger partial charge is 0.322 e. The number of nitrogens with zero attached hydrogens (tertiary/aromatic N) is 3. The van der Waals surface area contributed by atoms with Crippen LogP contribution >= 0.6 is 11.6 Å². The topological polar surface area (TPSA) is 136 Å². The molecule has 5 rings (SSSR count). The zero-order valence-electron chi connectivity index (χ0n) is 20.4. The number of aryl methyl sites for hydroxylation is 1. The number of fused-ring (bicyclic) bond motifs is 1. The molecular weight excluding hydrogens is 502 g/mol. The number of anilines is 1. The SMILES string of the molecule is COc1cc(C)c(Cl)c(OC)c1-c1noc(NCc2ccc3c(c2)CN(C2CCC(=O)NC2=O)C3=O)n1. The third-order valence-electron chi connectivity index (χ3n) is 6.47. The molecule has 1 aromatic heterocycles. The van der Waals surface area contributed by atoms with Crippen molar-refractivity contribution in [2.24, 2.45) is 0 Å². The Morgan fingerprint density at radius 2 is 2.03 bits per heavy atom. The van der Waals surface area contributed by atoms with E-state index in [-0.39, 0.29) is 30.1 Å². The van der Waals surface area contributed by atoms with Gasteiger partial charge in [-0.2, -0.15) is 4.98 Å². The third kappa shape index (κ3) is 4.46. The summed E-state index contributed by atoms with van der Waals surface area (Å²) in [5, 5.41) is 9.87. The zero-order valence-corrected chi connectivity index (χ0v) is 21.1. The molecule has 0 saturated carbocycles. The lowest BCUT2D eigenvalue weighted by Crippen LogP contribution is -2.52. The summed E-state index contributed by atoms with van der Waals surface area (Å²) in [6.07, 6.45) is 0.532. The molecule has 0 bridgehead atoms. The van der Waals surface area contributed by atoms with E-state index >= 15 is 0 Å². The third-order valence-corrected chi connectivity index (χ3v) is 6.94. The van der Waals surface area contributed by atoms with Gasteiger partial charge in [-0.15, -0.1) is 0 Å². The highest BCUT2D eigenvalue weighted by atomic mass is 35.5. The molecule has 3 amide bonds. The van der Waals surface area contributed by atoms with Crippen molar-refractivity contribution in [3.8, 4) is 22.9 Å². The van der Waals surface area contributed by atoms with E-state index < -0.39 is 11.9 Å². The van der Waals surface area contributed by atoms with Crippen molar-refractivity contribution in [2.75, 3.05) is 19.5 Å². The molecule has 2 N–H and O–H groups in total. The quantitative estimate of drug-likeness (QED) is 0.446. The fourth-order valence-corrected chi connectivity index (χ4v) is 4.84. The lowest BCUT2D eigenvalue weighted by Gasteiger charge is -2.29. The summed E-state index contributed by atoms with van der Waals surface area (Å²) >= 11 is 6.41. The Balaban J connectivity index is 1.30. The number of ether oxygens (including phenoxy) is 2. The fraction of sp³-hybridized carbons (Fsp3) is 0.320. The maximum absolute atomic E-state index is 12.9. The summed E-state index contributed by atoms with van der Waals surface area (Å²) in [6, 6.07) is 6.76. The Bertz CT molecular complexity index is 1420. The number of amides is 3. The molecule has 3 aromatic rings. The van der Waals surface area contributed by atoms with E-state index in [1.165, 1.54) is 19.1 Å². The monoisotopic (exact) mass is 525 g/mol. The van der Waals surface area contributed by atoms with Gasteiger partial charge in [0, 0.05) is 25.1 Å². The number of halogens is 1. The van der Waals surface area contributed by atoms with Crippen LogP contribution in [0, 0.1) is 6.92 Å². The first-order valence-electron chi connectivity index (χ1n) is 11.6. The van der Waals surface area contributed by atoms with Crippen LogP contribution in [0.3, 0.4) is 0 Å². The predicted molar refractivity (Wildman–Crippen MR) is 132 cm³/mol. The van der Waals surface area contributed by atoms with E-state index in [9.17, 15) is 14.4 Å². The van der Waals surface area contributed by atoms with Crippen molar-refractivity contribution in [2.45, 2.75) is 38.9 Å². The van der Waals surface area contributed by atoms with E-state index in [1.54, 1.807) is 12.1 Å². The predicted octanol–water partition coefficient (Wildman–Crippen LogP) is 3.09. The Hall–Kier alpha value is -4.12. The van der Waals surface area contributed by atoms with Crippen LogP contribution in [0.5, 0.6) is 11.5 Å². The number of carbonyl (C=O) groups excluding carboxylic acids is 3. The lowest BCUT2D eigenvalue weighted by molar-refractivity contribution is -0.136. The van der Waals surface area contributed by atoms with Crippen LogP contribution in [0.4, 0.5) is 6.01 Å². The summed E-state index contributed by atoms with van der Waals surface area (Å²) < 4.78 is 16.3. The maximum atomic E-state index is 12.9. The molecule has 11 nitrogen and oxygen atoms in total. The second kappa shape index (κ2) is 9.74. The molecule has 0 spiro atoms. The van der Waals surface area contributed by atoms with Crippen LogP contribution in [0.15, 0.2) is 28.8 Å². The van der Waals surface area contributed by atoms with E-state index in [2.05, 4.69) is 20.8 Å². The first-order valence-corrected chi connectivity index (χ1v) is 11.9. The first kappa shape index (κ1) is 24.6. The van der Waals surface area contributed by atoms with Gasteiger partial charge in [-0.05, 0) is 42.2 Å². The number of hydrogen-bond acceptors (Lipinski definition) is 9. The van der Waals surface area contributed by atoms with Crippen LogP contribution in [0.2, 0.25) is 5.02 Å². The molecule has 37 heavy (non-hydrogen) atoms. The number of aromatic nitrogens is 2. The van der Waals surface area contributed by atoms with Gasteiger partial charge in [-0.1, -0.05) is 28.9 Å². The molecule has 2 aliphatic heterocycles. The van der Waals surface area contributed by atoms with Crippen LogP contribution in [0.1, 0.15) is 39.9 Å². The number of rotatable bonds is 7. The average molecular weight is 526 g/mol. The fourth-order valence-electron chi connectivity index (χ4n) is 4.61. The highest BCUT2D eigenvalue weighted by molar-refractivity contribution is 6.33. The molecule has 1 fully saturated rings. The Kier molecular flexibility index (Phi) is 6.46. The molecule has 0 aliphatic carbocycles. The summed E-state index contributed by atoms with van der Waals surface area (Å²) in [5.41, 5.74) is 3.49. The van der Waals surface area contributed by atoms with Gasteiger partial charge in [0.2, 0.25) is 17.6 Å². The van der Waals surface area contributed by atoms with Crippen molar-refractivity contribution >= 4 is 35.3 Å². The van der Waals surface area contributed by atoms with E-state index in [0.29, 0.717) is 47.2 Å². The number of nitrogens with one attached hydrogen (secondary N) is 2. The highest BCUT2D eigenvalue weighted by Gasteiger charge is 2.39. The number of hydrogen-bond donors (Lipinski definition) is 2. The molecular formula is C25H24ClN5O6. The maximum Gasteiger partial charge on any atom is 0.322 e. The van der Waals surface area contributed by atoms with Crippen molar-refractivity contribution < 1.29 is 28.4 Å². The largest absolute Gasteiger partial charge is 0.496 e. The molecule has 1 atom stereocenters. The van der Waals surface area contributed by atoms with Crippen molar-refractivity contribution in [1.82, 2.24) is 20.4 Å². The van der Waals surface area contributed by atoms with Gasteiger partial charge in [-0.25, -0.2) is 0 Å². The van der Waals surface area contributed by atoms with Gasteiger partial charge in [-0.3, -0.25) is 19.7 Å². The summed E-state index contributed by atoms with van der Waals surface area (Å²) in [5.74, 6) is 0.160. The second-order valence-corrected chi connectivity index (χ2v) is 9.16. The lowest BCUT2D eigenvalue weighted by atomic mass is 10.0. The van der Waals surface area contributed by atoms with Crippen LogP contribution in [0.25, 0.3) is 11.4 Å². The summed E-state index contributed by atoms with van der Waals surface area (Å²) in [4.78, 5) is 42.5. The molecule has 2 aromatic carbocycles. The minimum atomic E-state index is -0.653. The van der Waals surface area contributed by atoms with Gasteiger partial charge in [0.05, 0.1) is 19.2 Å². The van der Waals surface area contributed by atoms with Gasteiger partial charge >= 0.3 is 6.01 Å². The second-order valence-electron chi connectivity index (χ2n) is 8.79. The van der Waals surface area contributed by atoms with Crippen molar-refractivity contribution in [3.63, 3.8) is 0 Å². The molecule has 192 valence electrons. The highest BCUT2D eigenvalue weighted by Crippen LogP contribution is 2.44. The van der Waals surface area contributed by atoms with Gasteiger partial charge in [0.1, 0.15) is 17.4 Å². The number of benzene rings is 2. The average Bonchev–Trinajstić information content (AvgIpc) is 3.48. The van der Waals surface area contributed by atoms with Crippen LogP contribution in [-0.2, 0) is 22.7 Å². The Labute approximate surface area is 217 Å². The minimum Gasteiger partial charge on any atom is -0.496 e. The van der Waals surface area contributed by atoms with Gasteiger partial charge in [0.25, 0.3) is 5.91 Å². The molecule has 1 saturated heterocycles. The molecule has 2 aliphatic rings. The molecule has 3 heterocycles. The van der Waals surface area contributed by atoms with Gasteiger partial charge < -0.3 is 24.2 Å². The normalized spacial score (nSPS) is 17.0. The number of imide groups is 1. The molecule has 12 heteroatoms. The summed E-state index contributed by atoms with van der Waals surface area (Å²) in [7, 11) is 3.04.